The van der Waals surface area contributed by atoms with E-state index in [1.54, 1.807) is 0 Å². The van der Waals surface area contributed by atoms with Crippen LogP contribution in [0.15, 0.2) is 12.2 Å². The molecule has 1 amide bonds. The van der Waals surface area contributed by atoms with Crippen molar-refractivity contribution < 1.29 is 24.5 Å². The maximum Gasteiger partial charge on any atom is 0.306 e. The van der Waals surface area contributed by atoms with E-state index >= 15 is 0 Å². The molecule has 3 N–H and O–H groups in total. The van der Waals surface area contributed by atoms with Crippen molar-refractivity contribution in [2.45, 2.75) is 309 Å². The van der Waals surface area contributed by atoms with Crippen molar-refractivity contribution in [3.8, 4) is 0 Å². The molecule has 6 nitrogen and oxygen atoms in total. The van der Waals surface area contributed by atoms with Crippen LogP contribution in [0.5, 0.6) is 0 Å². The molecule has 350 valence electrons. The van der Waals surface area contributed by atoms with Crippen LogP contribution in [0.2, 0.25) is 0 Å². The zero-order valence-electron chi connectivity index (χ0n) is 39.9. The molecule has 0 saturated heterocycles. The van der Waals surface area contributed by atoms with E-state index in [4.69, 9.17) is 4.74 Å². The Balaban J connectivity index is 4.54. The van der Waals surface area contributed by atoms with Gasteiger partial charge in [0.15, 0.2) is 0 Å². The van der Waals surface area contributed by atoms with Gasteiger partial charge in [0.05, 0.1) is 25.2 Å². The van der Waals surface area contributed by atoms with Gasteiger partial charge in [-0.25, -0.2) is 0 Å². The fraction of sp³-hybridized carbons (Fsp3) is 0.925. The van der Waals surface area contributed by atoms with Gasteiger partial charge in [0.25, 0.3) is 0 Å². The van der Waals surface area contributed by atoms with E-state index < -0.39 is 18.2 Å². The van der Waals surface area contributed by atoms with Crippen LogP contribution < -0.4 is 5.32 Å². The summed E-state index contributed by atoms with van der Waals surface area (Å²) in [6.45, 7) is 6.49. The third-order valence-electron chi connectivity index (χ3n) is 12.3. The lowest BCUT2D eigenvalue weighted by Gasteiger charge is -2.24. The van der Waals surface area contributed by atoms with E-state index in [0.717, 1.165) is 57.8 Å². The highest BCUT2D eigenvalue weighted by Gasteiger charge is 2.24. The van der Waals surface area contributed by atoms with Crippen molar-refractivity contribution in [2.24, 2.45) is 0 Å². The Hall–Kier alpha value is -1.40. The summed E-state index contributed by atoms with van der Waals surface area (Å²) in [7, 11) is 0. The standard InChI is InChI=1S/C53H103NO5/c1-4-7-10-13-16-19-22-24-26-28-30-32-35-38-41-44-49(59-53(58)46-43-40-37-34-31-29-27-25-23-20-17-14-11-8-5-2)47-52(57)54-50(48-55)51(56)45-42-39-36-33-21-18-15-12-9-6-3/h24,26,49-51,55-56H,4-23,25,27-48H2,1-3H3,(H,54,57)/b26-24+. The number of aliphatic hydroxyl groups excluding tert-OH is 2. The molecule has 59 heavy (non-hydrogen) atoms. The molecular weight excluding hydrogens is 731 g/mol. The van der Waals surface area contributed by atoms with Crippen LogP contribution in [0.4, 0.5) is 0 Å². The van der Waals surface area contributed by atoms with Crippen LogP contribution in [-0.4, -0.2) is 46.9 Å². The fourth-order valence-electron chi connectivity index (χ4n) is 8.31. The molecule has 0 bridgehead atoms. The molecule has 0 aliphatic heterocycles. The van der Waals surface area contributed by atoms with Crippen molar-refractivity contribution in [3.05, 3.63) is 12.2 Å². The number of aliphatic hydroxyl groups is 2. The first-order valence-electron chi connectivity index (χ1n) is 26.4. The van der Waals surface area contributed by atoms with E-state index in [1.807, 2.05) is 0 Å². The molecule has 3 atom stereocenters. The number of esters is 1. The predicted molar refractivity (Wildman–Crippen MR) is 255 cm³/mol. The molecule has 6 heteroatoms. The van der Waals surface area contributed by atoms with Gasteiger partial charge in [-0.1, -0.05) is 238 Å². The Morgan fingerprint density at radius 3 is 1.20 bits per heavy atom. The smallest absolute Gasteiger partial charge is 0.306 e. The third kappa shape index (κ3) is 43.1. The lowest BCUT2D eigenvalue weighted by molar-refractivity contribution is -0.151. The topological polar surface area (TPSA) is 95.9 Å². The Kier molecular flexibility index (Phi) is 46.5. The molecule has 0 aliphatic rings. The minimum atomic E-state index is -0.783. The van der Waals surface area contributed by atoms with E-state index in [2.05, 4.69) is 38.2 Å². The Labute approximate surface area is 368 Å². The summed E-state index contributed by atoms with van der Waals surface area (Å²) in [6, 6.07) is -0.697. The molecule has 0 aromatic carbocycles. The van der Waals surface area contributed by atoms with E-state index in [-0.39, 0.29) is 24.9 Å². The molecule has 0 rings (SSSR count). The van der Waals surface area contributed by atoms with E-state index in [9.17, 15) is 19.8 Å². The molecule has 0 aliphatic carbocycles. The first-order chi connectivity index (χ1) is 29.0. The average molecular weight is 834 g/mol. The molecule has 0 radical (unpaired) electrons. The monoisotopic (exact) mass is 834 g/mol. The molecule has 0 fully saturated rings. The van der Waals surface area contributed by atoms with Crippen LogP contribution >= 0.6 is 0 Å². The van der Waals surface area contributed by atoms with Crippen LogP contribution in [0.3, 0.4) is 0 Å². The summed E-state index contributed by atoms with van der Waals surface area (Å²) in [5, 5.41) is 23.7. The number of ether oxygens (including phenoxy) is 1. The summed E-state index contributed by atoms with van der Waals surface area (Å²) in [4.78, 5) is 26.1. The number of hydrogen-bond acceptors (Lipinski definition) is 5. The zero-order chi connectivity index (χ0) is 43.1. The highest BCUT2D eigenvalue weighted by molar-refractivity contribution is 5.77. The Morgan fingerprint density at radius 1 is 0.475 bits per heavy atom. The molecule has 3 unspecified atom stereocenters. The molecule has 0 spiro atoms. The normalized spacial score (nSPS) is 13.2. The van der Waals surface area contributed by atoms with Gasteiger partial charge in [-0.3, -0.25) is 9.59 Å². The summed E-state index contributed by atoms with van der Waals surface area (Å²) >= 11 is 0. The Morgan fingerprint density at radius 2 is 0.814 bits per heavy atom. The number of nitrogens with one attached hydrogen (secondary N) is 1. The lowest BCUT2D eigenvalue weighted by Crippen LogP contribution is -2.46. The van der Waals surface area contributed by atoms with Crippen molar-refractivity contribution in [2.75, 3.05) is 6.61 Å². The highest BCUT2D eigenvalue weighted by Crippen LogP contribution is 2.18. The molecule has 0 heterocycles. The molecule has 0 aromatic rings. The van der Waals surface area contributed by atoms with Gasteiger partial charge in [-0.15, -0.1) is 0 Å². The van der Waals surface area contributed by atoms with Crippen molar-refractivity contribution >= 4 is 11.9 Å². The van der Waals surface area contributed by atoms with Crippen molar-refractivity contribution in [1.82, 2.24) is 5.32 Å². The molecule has 0 saturated carbocycles. The maximum absolute atomic E-state index is 13.2. The number of rotatable bonds is 48. The number of allylic oxidation sites excluding steroid dienone is 2. The van der Waals surface area contributed by atoms with Gasteiger partial charge in [-0.2, -0.15) is 0 Å². The lowest BCUT2D eigenvalue weighted by atomic mass is 10.0. The zero-order valence-corrected chi connectivity index (χ0v) is 39.9. The SMILES string of the molecule is CCCCCCCC/C=C/CCCCCCCC(CC(=O)NC(CO)C(O)CCCCCCCCCCCC)OC(=O)CCCCCCCCCCCCCCCCC. The second-order valence-electron chi connectivity index (χ2n) is 18.3. The summed E-state index contributed by atoms with van der Waals surface area (Å²) in [6.07, 6.45) is 52.7. The third-order valence-corrected chi connectivity index (χ3v) is 12.3. The number of carbonyl (C=O) groups is 2. The number of amides is 1. The summed E-state index contributed by atoms with van der Waals surface area (Å²) in [5.41, 5.74) is 0. The van der Waals surface area contributed by atoms with Gasteiger partial charge >= 0.3 is 5.97 Å². The number of carbonyl (C=O) groups excluding carboxylic acids is 2. The van der Waals surface area contributed by atoms with Crippen molar-refractivity contribution in [3.63, 3.8) is 0 Å². The van der Waals surface area contributed by atoms with Gasteiger partial charge in [0.1, 0.15) is 6.10 Å². The second-order valence-corrected chi connectivity index (χ2v) is 18.3. The van der Waals surface area contributed by atoms with Crippen LogP contribution in [0, 0.1) is 0 Å². The molecular formula is C53H103NO5. The minimum absolute atomic E-state index is 0.0788. The predicted octanol–water partition coefficient (Wildman–Crippen LogP) is 15.7. The first kappa shape index (κ1) is 57.6. The Bertz CT molecular complexity index is 893. The maximum atomic E-state index is 13.2. The van der Waals surface area contributed by atoms with Crippen LogP contribution in [0.25, 0.3) is 0 Å². The van der Waals surface area contributed by atoms with Gasteiger partial charge in [-0.05, 0) is 51.4 Å². The van der Waals surface area contributed by atoms with Crippen molar-refractivity contribution in [1.29, 1.82) is 0 Å². The van der Waals surface area contributed by atoms with Crippen LogP contribution in [0.1, 0.15) is 290 Å². The quantitative estimate of drug-likeness (QED) is 0.0322. The van der Waals surface area contributed by atoms with Crippen LogP contribution in [-0.2, 0) is 14.3 Å². The van der Waals surface area contributed by atoms with Gasteiger partial charge in [0, 0.05) is 6.42 Å². The number of unbranched alkanes of at least 4 members (excludes halogenated alkanes) is 34. The first-order valence-corrected chi connectivity index (χ1v) is 26.4. The number of hydrogen-bond donors (Lipinski definition) is 3. The summed E-state index contributed by atoms with van der Waals surface area (Å²) in [5.74, 6) is -0.464. The second kappa shape index (κ2) is 47.6. The van der Waals surface area contributed by atoms with E-state index in [1.165, 1.54) is 186 Å². The summed E-state index contributed by atoms with van der Waals surface area (Å²) < 4.78 is 5.94. The molecule has 0 aromatic heterocycles. The minimum Gasteiger partial charge on any atom is -0.462 e. The average Bonchev–Trinajstić information content (AvgIpc) is 3.23. The van der Waals surface area contributed by atoms with Gasteiger partial charge in [0.2, 0.25) is 5.91 Å². The largest absolute Gasteiger partial charge is 0.462 e. The van der Waals surface area contributed by atoms with Gasteiger partial charge < -0.3 is 20.3 Å². The highest BCUT2D eigenvalue weighted by atomic mass is 16.5. The fourth-order valence-corrected chi connectivity index (χ4v) is 8.31. The van der Waals surface area contributed by atoms with E-state index in [0.29, 0.717) is 19.3 Å².